The number of hydrogen-bond acceptors (Lipinski definition) is 2. The summed E-state index contributed by atoms with van der Waals surface area (Å²) in [5.41, 5.74) is 1.63. The van der Waals surface area contributed by atoms with E-state index in [1.807, 2.05) is 0 Å². The third kappa shape index (κ3) is 1.73. The first-order valence-corrected chi connectivity index (χ1v) is 5.29. The lowest BCUT2D eigenvalue weighted by Crippen LogP contribution is -2.27. The smallest absolute Gasteiger partial charge is 0.0502 e. The van der Waals surface area contributed by atoms with Gasteiger partial charge in [0.05, 0.1) is 6.61 Å². The maximum absolute atomic E-state index is 9.18. The number of piperidine rings is 1. The molecule has 0 aromatic carbocycles. The van der Waals surface area contributed by atoms with Crippen molar-refractivity contribution in [3.8, 4) is 0 Å². The van der Waals surface area contributed by atoms with Crippen LogP contribution in [0.1, 0.15) is 6.42 Å². The molecular weight excluding hydrogens is 209 g/mol. The first kappa shape index (κ1) is 9.78. The standard InChI is InChI=1S/C9H13Cl2NO/c10-2-8(11)4-12-3-7-1-9(7,5-12)6-13/h2,7,13H,1,3-6H2/b8-2-. The molecule has 0 amide bonds. The lowest BCUT2D eigenvalue weighted by atomic mass is 10.1. The highest BCUT2D eigenvalue weighted by molar-refractivity contribution is 6.36. The van der Waals surface area contributed by atoms with E-state index in [-0.39, 0.29) is 5.41 Å². The van der Waals surface area contributed by atoms with Crippen molar-refractivity contribution in [3.05, 3.63) is 10.6 Å². The van der Waals surface area contributed by atoms with Crippen molar-refractivity contribution in [2.45, 2.75) is 6.42 Å². The van der Waals surface area contributed by atoms with Crippen LogP contribution in [0.15, 0.2) is 10.6 Å². The normalized spacial score (nSPS) is 39.3. The van der Waals surface area contributed by atoms with Crippen LogP contribution in [0.5, 0.6) is 0 Å². The van der Waals surface area contributed by atoms with Gasteiger partial charge < -0.3 is 5.11 Å². The molecule has 2 atom stereocenters. The highest BCUT2D eigenvalue weighted by Gasteiger charge is 2.59. The third-order valence-electron chi connectivity index (χ3n) is 3.18. The molecule has 4 heteroatoms. The van der Waals surface area contributed by atoms with Crippen LogP contribution >= 0.6 is 23.2 Å². The predicted molar refractivity (Wildman–Crippen MR) is 53.9 cm³/mol. The van der Waals surface area contributed by atoms with Crippen molar-refractivity contribution >= 4 is 23.2 Å². The summed E-state index contributed by atoms with van der Waals surface area (Å²) in [7, 11) is 0. The zero-order valence-electron chi connectivity index (χ0n) is 7.34. The minimum atomic E-state index is 0.212. The molecule has 1 saturated heterocycles. The molecule has 0 aromatic rings. The van der Waals surface area contributed by atoms with Crippen molar-refractivity contribution in [2.75, 3.05) is 26.2 Å². The van der Waals surface area contributed by atoms with Crippen LogP contribution in [0.3, 0.4) is 0 Å². The molecular formula is C9H13Cl2NO. The largest absolute Gasteiger partial charge is 0.396 e. The molecule has 0 bridgehead atoms. The zero-order chi connectivity index (χ0) is 9.47. The fourth-order valence-electron chi connectivity index (χ4n) is 2.32. The first-order valence-electron chi connectivity index (χ1n) is 4.48. The molecule has 2 fully saturated rings. The Balaban J connectivity index is 1.87. The van der Waals surface area contributed by atoms with Gasteiger partial charge in [-0.1, -0.05) is 23.2 Å². The molecule has 2 nitrogen and oxygen atoms in total. The molecule has 1 aliphatic heterocycles. The Bertz CT molecular complexity index is 240. The number of rotatable bonds is 3. The molecule has 1 N–H and O–H groups in total. The summed E-state index contributed by atoms with van der Waals surface area (Å²) < 4.78 is 0. The Morgan fingerprint density at radius 1 is 1.69 bits per heavy atom. The van der Waals surface area contributed by atoms with E-state index in [1.165, 1.54) is 12.0 Å². The Morgan fingerprint density at radius 3 is 3.00 bits per heavy atom. The van der Waals surface area contributed by atoms with Gasteiger partial charge in [-0.3, -0.25) is 4.90 Å². The maximum Gasteiger partial charge on any atom is 0.0502 e. The van der Waals surface area contributed by atoms with Gasteiger partial charge in [-0.15, -0.1) is 0 Å². The second kappa shape index (κ2) is 3.43. The zero-order valence-corrected chi connectivity index (χ0v) is 8.85. The van der Waals surface area contributed by atoms with Crippen LogP contribution in [0.4, 0.5) is 0 Å². The van der Waals surface area contributed by atoms with E-state index in [0.29, 0.717) is 17.6 Å². The van der Waals surface area contributed by atoms with E-state index in [9.17, 15) is 5.11 Å². The number of fused-ring (bicyclic) bond motifs is 1. The SMILES string of the molecule is OCC12CC1CN(C/C(Cl)=C/Cl)C2. The molecule has 2 unspecified atom stereocenters. The Morgan fingerprint density at radius 2 is 2.46 bits per heavy atom. The quantitative estimate of drug-likeness (QED) is 0.784. The summed E-state index contributed by atoms with van der Waals surface area (Å²) in [6.07, 6.45) is 1.18. The monoisotopic (exact) mass is 221 g/mol. The molecule has 2 rings (SSSR count). The molecule has 1 heterocycles. The van der Waals surface area contributed by atoms with Gasteiger partial charge in [0.25, 0.3) is 0 Å². The van der Waals surface area contributed by atoms with Crippen LogP contribution in [0.2, 0.25) is 0 Å². The van der Waals surface area contributed by atoms with Crippen LogP contribution < -0.4 is 0 Å². The van der Waals surface area contributed by atoms with Crippen LogP contribution in [0, 0.1) is 11.3 Å². The molecule has 0 aromatic heterocycles. The molecule has 0 spiro atoms. The number of likely N-dealkylation sites (tertiary alicyclic amines) is 1. The number of aliphatic hydroxyl groups is 1. The number of nitrogens with zero attached hydrogens (tertiary/aromatic N) is 1. The highest BCUT2D eigenvalue weighted by atomic mass is 35.5. The van der Waals surface area contributed by atoms with Gasteiger partial charge in [-0.05, 0) is 12.3 Å². The van der Waals surface area contributed by atoms with Crippen LogP contribution in [-0.4, -0.2) is 36.2 Å². The summed E-state index contributed by atoms with van der Waals surface area (Å²) in [5.74, 6) is 0.692. The molecule has 1 saturated carbocycles. The molecule has 2 aliphatic rings. The van der Waals surface area contributed by atoms with E-state index in [0.717, 1.165) is 19.6 Å². The maximum atomic E-state index is 9.18. The molecule has 13 heavy (non-hydrogen) atoms. The first-order chi connectivity index (χ1) is 6.20. The van der Waals surface area contributed by atoms with E-state index in [2.05, 4.69) is 4.90 Å². The van der Waals surface area contributed by atoms with Gasteiger partial charge in [-0.2, -0.15) is 0 Å². The number of aliphatic hydroxyl groups excluding tert-OH is 1. The summed E-state index contributed by atoms with van der Waals surface area (Å²) in [5, 5.41) is 9.85. The van der Waals surface area contributed by atoms with Gasteiger partial charge in [0.1, 0.15) is 0 Å². The van der Waals surface area contributed by atoms with Gasteiger partial charge >= 0.3 is 0 Å². The van der Waals surface area contributed by atoms with E-state index < -0.39 is 0 Å². The highest BCUT2D eigenvalue weighted by Crippen LogP contribution is 2.57. The summed E-state index contributed by atoms with van der Waals surface area (Å²) in [4.78, 5) is 2.26. The summed E-state index contributed by atoms with van der Waals surface area (Å²) >= 11 is 11.3. The van der Waals surface area contributed by atoms with Crippen molar-refractivity contribution in [3.63, 3.8) is 0 Å². The molecule has 1 aliphatic carbocycles. The fourth-order valence-corrected chi connectivity index (χ4v) is 2.56. The van der Waals surface area contributed by atoms with Crippen molar-refractivity contribution in [1.29, 1.82) is 0 Å². The van der Waals surface area contributed by atoms with E-state index in [4.69, 9.17) is 23.2 Å². The predicted octanol–water partition coefficient (Wildman–Crippen LogP) is 1.62. The van der Waals surface area contributed by atoms with Crippen LogP contribution in [-0.2, 0) is 0 Å². The summed E-state index contributed by atoms with van der Waals surface area (Å²) in [6, 6.07) is 0. The second-order valence-corrected chi connectivity index (χ2v) is 4.85. The van der Waals surface area contributed by atoms with E-state index in [1.54, 1.807) is 0 Å². The topological polar surface area (TPSA) is 23.5 Å². The van der Waals surface area contributed by atoms with Gasteiger partial charge in [-0.25, -0.2) is 0 Å². The fraction of sp³-hybridized carbons (Fsp3) is 0.778. The average molecular weight is 222 g/mol. The lowest BCUT2D eigenvalue weighted by Gasteiger charge is -2.18. The van der Waals surface area contributed by atoms with Crippen molar-refractivity contribution < 1.29 is 5.11 Å². The second-order valence-electron chi connectivity index (χ2n) is 4.15. The van der Waals surface area contributed by atoms with Gasteiger partial charge in [0, 0.05) is 35.6 Å². The van der Waals surface area contributed by atoms with Crippen molar-refractivity contribution in [1.82, 2.24) is 4.90 Å². The van der Waals surface area contributed by atoms with Crippen LogP contribution in [0.25, 0.3) is 0 Å². The van der Waals surface area contributed by atoms with Gasteiger partial charge in [0.15, 0.2) is 0 Å². The minimum absolute atomic E-state index is 0.212. The average Bonchev–Trinajstić information content (AvgIpc) is 2.70. The molecule has 74 valence electrons. The summed E-state index contributed by atoms with van der Waals surface area (Å²) in [6.45, 7) is 3.07. The van der Waals surface area contributed by atoms with Gasteiger partial charge in [0.2, 0.25) is 0 Å². The lowest BCUT2D eigenvalue weighted by molar-refractivity contribution is 0.191. The Hall–Kier alpha value is 0.240. The number of halogens is 2. The molecule has 0 radical (unpaired) electrons. The Labute approximate surface area is 88.1 Å². The third-order valence-corrected chi connectivity index (χ3v) is 3.79. The Kier molecular flexibility index (Phi) is 2.58. The van der Waals surface area contributed by atoms with Crippen molar-refractivity contribution in [2.24, 2.45) is 11.3 Å². The number of hydrogen-bond donors (Lipinski definition) is 1. The van der Waals surface area contributed by atoms with E-state index >= 15 is 0 Å². The minimum Gasteiger partial charge on any atom is -0.396 e.